The van der Waals surface area contributed by atoms with Gasteiger partial charge in [-0.15, -0.1) is 11.3 Å². The highest BCUT2D eigenvalue weighted by atomic mass is 32.1. The molecular formula is C19H13N3S. The minimum absolute atomic E-state index is 0.915. The molecule has 0 aliphatic heterocycles. The number of nitrogens with zero attached hydrogens (tertiary/aromatic N) is 3. The number of para-hydroxylation sites is 1. The first-order valence-corrected chi connectivity index (χ1v) is 8.10. The second-order valence-corrected chi connectivity index (χ2v) is 6.11. The molecule has 0 bridgehead atoms. The van der Waals surface area contributed by atoms with Crippen molar-refractivity contribution in [2.75, 3.05) is 0 Å². The molecule has 0 amide bonds. The second-order valence-electron chi connectivity index (χ2n) is 5.08. The Kier molecular flexibility index (Phi) is 3.66. The SMILES string of the molecule is C(=Nc1ccc(-c2nc3ccccc3s2)cc1)c1cccnc1. The van der Waals surface area contributed by atoms with Crippen molar-refractivity contribution in [3.05, 3.63) is 78.6 Å². The van der Waals surface area contributed by atoms with E-state index in [1.165, 1.54) is 4.70 Å². The van der Waals surface area contributed by atoms with Gasteiger partial charge in [0.1, 0.15) is 5.01 Å². The molecule has 0 aliphatic carbocycles. The number of hydrogen-bond donors (Lipinski definition) is 0. The first kappa shape index (κ1) is 13.8. The third kappa shape index (κ3) is 3.03. The Hall–Kier alpha value is -2.85. The van der Waals surface area contributed by atoms with Gasteiger partial charge in [-0.3, -0.25) is 9.98 Å². The van der Waals surface area contributed by atoms with Crippen molar-refractivity contribution in [2.24, 2.45) is 4.99 Å². The van der Waals surface area contributed by atoms with Gasteiger partial charge in [-0.2, -0.15) is 0 Å². The Bertz CT molecular complexity index is 924. The Morgan fingerprint density at radius 2 is 1.78 bits per heavy atom. The van der Waals surface area contributed by atoms with Gasteiger partial charge in [-0.05, 0) is 42.5 Å². The molecule has 23 heavy (non-hydrogen) atoms. The number of hydrogen-bond acceptors (Lipinski definition) is 4. The first-order chi connectivity index (χ1) is 11.4. The molecular weight excluding hydrogens is 302 g/mol. The van der Waals surface area contributed by atoms with Gasteiger partial charge in [-0.1, -0.05) is 18.2 Å². The smallest absolute Gasteiger partial charge is 0.124 e. The topological polar surface area (TPSA) is 38.1 Å². The third-order valence-electron chi connectivity index (χ3n) is 3.46. The number of fused-ring (bicyclic) bond motifs is 1. The van der Waals surface area contributed by atoms with E-state index in [0.717, 1.165) is 27.3 Å². The predicted octanol–water partition coefficient (Wildman–Crippen LogP) is 5.11. The summed E-state index contributed by atoms with van der Waals surface area (Å²) in [6, 6.07) is 20.2. The van der Waals surface area contributed by atoms with Crippen LogP contribution in [0.4, 0.5) is 5.69 Å². The number of aliphatic imine (C=N–C) groups is 1. The molecule has 0 saturated heterocycles. The van der Waals surface area contributed by atoms with Crippen LogP contribution < -0.4 is 0 Å². The standard InChI is InChI=1S/C19H13N3S/c1-2-6-18-17(5-1)22-19(23-18)15-7-9-16(10-8-15)21-13-14-4-3-11-20-12-14/h1-13H. The minimum Gasteiger partial charge on any atom is -0.264 e. The molecule has 0 saturated carbocycles. The lowest BCUT2D eigenvalue weighted by atomic mass is 10.2. The molecule has 0 atom stereocenters. The highest BCUT2D eigenvalue weighted by molar-refractivity contribution is 7.21. The Balaban J connectivity index is 1.59. The number of aromatic nitrogens is 2. The van der Waals surface area contributed by atoms with Crippen molar-refractivity contribution in [3.63, 3.8) is 0 Å². The van der Waals surface area contributed by atoms with Gasteiger partial charge in [0.2, 0.25) is 0 Å². The lowest BCUT2D eigenvalue weighted by molar-refractivity contribution is 1.32. The summed E-state index contributed by atoms with van der Waals surface area (Å²) >= 11 is 1.71. The zero-order valence-corrected chi connectivity index (χ0v) is 13.1. The van der Waals surface area contributed by atoms with E-state index in [-0.39, 0.29) is 0 Å². The van der Waals surface area contributed by atoms with E-state index >= 15 is 0 Å². The Morgan fingerprint density at radius 1 is 0.913 bits per heavy atom. The summed E-state index contributed by atoms with van der Waals surface area (Å²) < 4.78 is 1.21. The molecule has 4 aromatic rings. The molecule has 0 fully saturated rings. The van der Waals surface area contributed by atoms with Crippen molar-refractivity contribution in [2.45, 2.75) is 0 Å². The van der Waals surface area contributed by atoms with E-state index in [1.54, 1.807) is 23.7 Å². The molecule has 2 heterocycles. The largest absolute Gasteiger partial charge is 0.264 e. The highest BCUT2D eigenvalue weighted by Gasteiger charge is 2.05. The maximum atomic E-state index is 4.68. The van der Waals surface area contributed by atoms with Crippen molar-refractivity contribution in [3.8, 4) is 10.6 Å². The zero-order valence-electron chi connectivity index (χ0n) is 12.3. The fourth-order valence-electron chi connectivity index (χ4n) is 2.29. The monoisotopic (exact) mass is 315 g/mol. The molecule has 0 spiro atoms. The molecule has 0 N–H and O–H groups in total. The molecule has 2 aromatic carbocycles. The van der Waals surface area contributed by atoms with Crippen molar-refractivity contribution < 1.29 is 0 Å². The average Bonchev–Trinajstić information content (AvgIpc) is 3.05. The molecule has 4 heteroatoms. The van der Waals surface area contributed by atoms with Gasteiger partial charge in [0.15, 0.2) is 0 Å². The van der Waals surface area contributed by atoms with Crippen LogP contribution in [0.2, 0.25) is 0 Å². The van der Waals surface area contributed by atoms with Crippen molar-refractivity contribution >= 4 is 33.5 Å². The van der Waals surface area contributed by atoms with Crippen LogP contribution in [-0.2, 0) is 0 Å². The predicted molar refractivity (Wildman–Crippen MR) is 96.5 cm³/mol. The van der Waals surface area contributed by atoms with E-state index in [4.69, 9.17) is 0 Å². The van der Waals surface area contributed by atoms with E-state index in [2.05, 4.69) is 33.2 Å². The van der Waals surface area contributed by atoms with E-state index in [0.29, 0.717) is 0 Å². The van der Waals surface area contributed by atoms with E-state index in [9.17, 15) is 0 Å². The van der Waals surface area contributed by atoms with Crippen LogP contribution >= 0.6 is 11.3 Å². The third-order valence-corrected chi connectivity index (χ3v) is 4.54. The normalized spacial score (nSPS) is 11.3. The lowest BCUT2D eigenvalue weighted by Gasteiger charge is -1.97. The molecule has 4 rings (SSSR count). The maximum Gasteiger partial charge on any atom is 0.124 e. The average molecular weight is 315 g/mol. The Labute approximate surface area is 138 Å². The fourth-order valence-corrected chi connectivity index (χ4v) is 3.26. The molecule has 110 valence electrons. The summed E-state index contributed by atoms with van der Waals surface area (Å²) in [7, 11) is 0. The minimum atomic E-state index is 0.915. The summed E-state index contributed by atoms with van der Waals surface area (Å²) in [4.78, 5) is 13.2. The molecule has 3 nitrogen and oxygen atoms in total. The fraction of sp³-hybridized carbons (Fsp3) is 0. The van der Waals surface area contributed by atoms with Gasteiger partial charge in [0.25, 0.3) is 0 Å². The summed E-state index contributed by atoms with van der Waals surface area (Å²) in [5, 5.41) is 1.04. The van der Waals surface area contributed by atoms with Gasteiger partial charge in [0.05, 0.1) is 15.9 Å². The van der Waals surface area contributed by atoms with E-state index < -0.39 is 0 Å². The van der Waals surface area contributed by atoms with Crippen LogP contribution in [0.25, 0.3) is 20.8 Å². The van der Waals surface area contributed by atoms with Crippen LogP contribution in [0.3, 0.4) is 0 Å². The van der Waals surface area contributed by atoms with Gasteiger partial charge in [-0.25, -0.2) is 4.98 Å². The lowest BCUT2D eigenvalue weighted by Crippen LogP contribution is -1.81. The molecule has 2 aromatic heterocycles. The van der Waals surface area contributed by atoms with Crippen LogP contribution in [0.5, 0.6) is 0 Å². The van der Waals surface area contributed by atoms with Crippen molar-refractivity contribution in [1.29, 1.82) is 0 Å². The second kappa shape index (κ2) is 6.10. The van der Waals surface area contributed by atoms with Gasteiger partial charge < -0.3 is 0 Å². The number of benzene rings is 2. The molecule has 0 radical (unpaired) electrons. The number of rotatable bonds is 3. The van der Waals surface area contributed by atoms with Gasteiger partial charge in [0, 0.05) is 29.7 Å². The summed E-state index contributed by atoms with van der Waals surface area (Å²) in [6.45, 7) is 0. The summed E-state index contributed by atoms with van der Waals surface area (Å²) in [5.74, 6) is 0. The summed E-state index contributed by atoms with van der Waals surface area (Å²) in [6.07, 6.45) is 5.36. The van der Waals surface area contributed by atoms with Crippen LogP contribution in [-0.4, -0.2) is 16.2 Å². The zero-order chi connectivity index (χ0) is 15.5. The number of pyridine rings is 1. The summed E-state index contributed by atoms with van der Waals surface area (Å²) in [5.41, 5.74) is 4.07. The molecule has 0 unspecified atom stereocenters. The number of thiazole rings is 1. The highest BCUT2D eigenvalue weighted by Crippen LogP contribution is 2.30. The van der Waals surface area contributed by atoms with Gasteiger partial charge >= 0.3 is 0 Å². The van der Waals surface area contributed by atoms with Crippen LogP contribution in [0.1, 0.15) is 5.56 Å². The van der Waals surface area contributed by atoms with E-state index in [1.807, 2.05) is 48.7 Å². The van der Waals surface area contributed by atoms with Crippen LogP contribution in [0.15, 0.2) is 78.0 Å². The van der Waals surface area contributed by atoms with Crippen LogP contribution in [0, 0.1) is 0 Å². The quantitative estimate of drug-likeness (QED) is 0.493. The van der Waals surface area contributed by atoms with Crippen molar-refractivity contribution in [1.82, 2.24) is 9.97 Å². The first-order valence-electron chi connectivity index (χ1n) is 7.29. The Morgan fingerprint density at radius 3 is 2.57 bits per heavy atom. The molecule has 0 aliphatic rings. The maximum absolute atomic E-state index is 4.68.